The lowest BCUT2D eigenvalue weighted by Crippen LogP contribution is -2.24. The summed E-state index contributed by atoms with van der Waals surface area (Å²) in [7, 11) is 0. The lowest BCUT2D eigenvalue weighted by molar-refractivity contribution is 0.0949. The second-order valence-corrected chi connectivity index (χ2v) is 9.56. The number of amides is 1. The van der Waals surface area contributed by atoms with E-state index >= 15 is 0 Å². The van der Waals surface area contributed by atoms with Crippen LogP contribution in [0.3, 0.4) is 0 Å². The molecule has 0 spiro atoms. The molecule has 1 aromatic heterocycles. The van der Waals surface area contributed by atoms with Crippen LogP contribution in [0.2, 0.25) is 10.0 Å². The van der Waals surface area contributed by atoms with E-state index in [1.54, 1.807) is 23.9 Å². The molecule has 1 N–H and O–H groups in total. The van der Waals surface area contributed by atoms with E-state index in [1.807, 2.05) is 47.0 Å². The van der Waals surface area contributed by atoms with Crippen LogP contribution in [0.5, 0.6) is 0 Å². The van der Waals surface area contributed by atoms with Gasteiger partial charge in [0, 0.05) is 16.3 Å². The number of nitrogens with one attached hydrogen (secondary N) is 1. The minimum Gasteiger partial charge on any atom is -0.345 e. The zero-order chi connectivity index (χ0) is 24.1. The average molecular weight is 511 g/mol. The standard InChI is InChI=1S/C26H24Cl2N4OS/c1-3-18-8-10-19(11-9-18)25(33)29-15-24-30-31-26(34-16-20-7-5-4-6-17(20)2)32(24)23-13-12-21(27)14-22(23)28/h4-14H,3,15-16H2,1-2H3,(H,29,33). The van der Waals surface area contributed by atoms with Crippen LogP contribution in [0.25, 0.3) is 5.69 Å². The van der Waals surface area contributed by atoms with E-state index in [9.17, 15) is 4.79 Å². The highest BCUT2D eigenvalue weighted by molar-refractivity contribution is 7.98. The lowest BCUT2D eigenvalue weighted by atomic mass is 10.1. The van der Waals surface area contributed by atoms with Gasteiger partial charge >= 0.3 is 0 Å². The van der Waals surface area contributed by atoms with Crippen LogP contribution in [0.4, 0.5) is 0 Å². The van der Waals surface area contributed by atoms with Gasteiger partial charge < -0.3 is 5.32 Å². The van der Waals surface area contributed by atoms with Crippen molar-refractivity contribution in [2.45, 2.75) is 37.7 Å². The van der Waals surface area contributed by atoms with E-state index in [2.05, 4.69) is 41.5 Å². The smallest absolute Gasteiger partial charge is 0.251 e. The van der Waals surface area contributed by atoms with Gasteiger partial charge in [0.2, 0.25) is 0 Å². The van der Waals surface area contributed by atoms with Crippen LogP contribution in [0.15, 0.2) is 71.9 Å². The molecule has 0 bridgehead atoms. The van der Waals surface area contributed by atoms with E-state index in [1.165, 1.54) is 16.7 Å². The summed E-state index contributed by atoms with van der Waals surface area (Å²) >= 11 is 14.2. The summed E-state index contributed by atoms with van der Waals surface area (Å²) in [6, 6.07) is 21.1. The predicted octanol–water partition coefficient (Wildman–Crippen LogP) is 6.67. The minimum atomic E-state index is -0.173. The van der Waals surface area contributed by atoms with Gasteiger partial charge in [0.05, 0.1) is 17.3 Å². The summed E-state index contributed by atoms with van der Waals surface area (Å²) in [5.74, 6) is 1.13. The number of nitrogens with zero attached hydrogens (tertiary/aromatic N) is 3. The van der Waals surface area contributed by atoms with Gasteiger partial charge in [-0.2, -0.15) is 0 Å². The number of aryl methyl sites for hydroxylation is 2. The summed E-state index contributed by atoms with van der Waals surface area (Å²) in [6.45, 7) is 4.37. The molecule has 174 valence electrons. The average Bonchev–Trinajstić information content (AvgIpc) is 3.24. The van der Waals surface area contributed by atoms with Crippen molar-refractivity contribution in [3.8, 4) is 5.69 Å². The normalized spacial score (nSPS) is 10.9. The Labute approximate surface area is 213 Å². The van der Waals surface area contributed by atoms with Crippen molar-refractivity contribution < 1.29 is 4.79 Å². The number of halogens is 2. The molecule has 0 aliphatic rings. The van der Waals surface area contributed by atoms with E-state index < -0.39 is 0 Å². The topological polar surface area (TPSA) is 59.8 Å². The van der Waals surface area contributed by atoms with Crippen molar-refractivity contribution in [1.29, 1.82) is 0 Å². The molecule has 1 amide bonds. The van der Waals surface area contributed by atoms with Gasteiger partial charge in [0.25, 0.3) is 5.91 Å². The maximum Gasteiger partial charge on any atom is 0.251 e. The lowest BCUT2D eigenvalue weighted by Gasteiger charge is -2.13. The molecule has 4 aromatic rings. The molecule has 8 heteroatoms. The fourth-order valence-corrected chi connectivity index (χ4v) is 5.01. The Morgan fingerprint density at radius 2 is 1.79 bits per heavy atom. The second kappa shape index (κ2) is 11.1. The SMILES string of the molecule is CCc1ccc(C(=O)NCc2nnc(SCc3ccccc3C)n2-c2ccc(Cl)cc2Cl)cc1. The van der Waals surface area contributed by atoms with Gasteiger partial charge in [-0.05, 0) is 60.4 Å². The third-order valence-electron chi connectivity index (χ3n) is 5.50. The van der Waals surface area contributed by atoms with E-state index in [0.717, 1.165) is 12.2 Å². The molecule has 0 fully saturated rings. The quantitative estimate of drug-likeness (QED) is 0.269. The van der Waals surface area contributed by atoms with Crippen LogP contribution in [0, 0.1) is 6.92 Å². The third kappa shape index (κ3) is 5.63. The molecular formula is C26H24Cl2N4OS. The summed E-state index contributed by atoms with van der Waals surface area (Å²) < 4.78 is 1.88. The molecule has 0 atom stereocenters. The van der Waals surface area contributed by atoms with E-state index in [-0.39, 0.29) is 12.5 Å². The highest BCUT2D eigenvalue weighted by Crippen LogP contribution is 2.31. The highest BCUT2D eigenvalue weighted by atomic mass is 35.5. The van der Waals surface area contributed by atoms with Gasteiger partial charge in [0.15, 0.2) is 11.0 Å². The third-order valence-corrected chi connectivity index (χ3v) is 7.02. The monoisotopic (exact) mass is 510 g/mol. The number of thioether (sulfide) groups is 1. The summed E-state index contributed by atoms with van der Waals surface area (Å²) in [5.41, 5.74) is 4.92. The molecule has 0 aliphatic carbocycles. The van der Waals surface area contributed by atoms with E-state index in [0.29, 0.717) is 32.3 Å². The molecule has 4 rings (SSSR count). The summed E-state index contributed by atoms with van der Waals surface area (Å²) in [6.07, 6.45) is 0.926. The van der Waals surface area contributed by atoms with Crippen molar-refractivity contribution >= 4 is 40.9 Å². The van der Waals surface area contributed by atoms with Crippen LogP contribution < -0.4 is 5.32 Å². The van der Waals surface area contributed by atoms with Crippen molar-refractivity contribution in [3.63, 3.8) is 0 Å². The van der Waals surface area contributed by atoms with Crippen LogP contribution in [-0.4, -0.2) is 20.7 Å². The van der Waals surface area contributed by atoms with Gasteiger partial charge in [-0.3, -0.25) is 9.36 Å². The molecule has 0 saturated heterocycles. The fraction of sp³-hybridized carbons (Fsp3) is 0.192. The van der Waals surface area contributed by atoms with Crippen molar-refractivity contribution in [2.75, 3.05) is 0 Å². The first-order valence-corrected chi connectivity index (χ1v) is 12.6. The number of rotatable bonds is 8. The van der Waals surface area contributed by atoms with Gasteiger partial charge in [-0.15, -0.1) is 10.2 Å². The van der Waals surface area contributed by atoms with Gasteiger partial charge in [-0.25, -0.2) is 0 Å². The van der Waals surface area contributed by atoms with Crippen LogP contribution >= 0.6 is 35.0 Å². The summed E-state index contributed by atoms with van der Waals surface area (Å²) in [4.78, 5) is 12.7. The van der Waals surface area contributed by atoms with Crippen molar-refractivity contribution in [2.24, 2.45) is 0 Å². The molecular weight excluding hydrogens is 487 g/mol. The molecule has 5 nitrogen and oxygen atoms in total. The van der Waals surface area contributed by atoms with Crippen molar-refractivity contribution in [1.82, 2.24) is 20.1 Å². The van der Waals surface area contributed by atoms with E-state index in [4.69, 9.17) is 23.2 Å². The molecule has 0 unspecified atom stereocenters. The van der Waals surface area contributed by atoms with Gasteiger partial charge in [0.1, 0.15) is 0 Å². The first-order chi connectivity index (χ1) is 16.5. The number of carbonyl (C=O) groups excluding carboxylic acids is 1. The van der Waals surface area contributed by atoms with Gasteiger partial charge in [-0.1, -0.05) is 78.3 Å². The molecule has 1 heterocycles. The zero-order valence-electron chi connectivity index (χ0n) is 18.9. The first-order valence-electron chi connectivity index (χ1n) is 10.9. The number of hydrogen-bond donors (Lipinski definition) is 1. The maximum atomic E-state index is 12.7. The Morgan fingerprint density at radius 3 is 2.50 bits per heavy atom. The Morgan fingerprint density at radius 1 is 1.03 bits per heavy atom. The number of hydrogen-bond acceptors (Lipinski definition) is 4. The molecule has 34 heavy (non-hydrogen) atoms. The largest absolute Gasteiger partial charge is 0.345 e. The minimum absolute atomic E-state index is 0.173. The Kier molecular flexibility index (Phi) is 7.93. The molecule has 0 radical (unpaired) electrons. The van der Waals surface area contributed by atoms with Crippen LogP contribution in [0.1, 0.15) is 39.8 Å². The Balaban J connectivity index is 1.59. The highest BCUT2D eigenvalue weighted by Gasteiger charge is 2.18. The Bertz CT molecular complexity index is 1300. The predicted molar refractivity (Wildman–Crippen MR) is 139 cm³/mol. The number of aromatic nitrogens is 3. The molecule has 0 aliphatic heterocycles. The maximum absolute atomic E-state index is 12.7. The molecule has 0 saturated carbocycles. The number of carbonyl (C=O) groups is 1. The zero-order valence-corrected chi connectivity index (χ0v) is 21.2. The fourth-order valence-electron chi connectivity index (χ4n) is 3.48. The van der Waals surface area contributed by atoms with Crippen molar-refractivity contribution in [3.05, 3.63) is 105 Å². The Hall–Kier alpha value is -2.80. The first kappa shape index (κ1) is 24.3. The summed E-state index contributed by atoms with van der Waals surface area (Å²) in [5, 5.41) is 13.4. The number of benzene rings is 3. The second-order valence-electron chi connectivity index (χ2n) is 7.78. The van der Waals surface area contributed by atoms with Crippen LogP contribution in [-0.2, 0) is 18.7 Å². The molecule has 3 aromatic carbocycles.